The van der Waals surface area contributed by atoms with Crippen molar-refractivity contribution in [3.63, 3.8) is 0 Å². The molecule has 1 heterocycles. The summed E-state index contributed by atoms with van der Waals surface area (Å²) in [7, 11) is 3.43. The highest BCUT2D eigenvalue weighted by Crippen LogP contribution is 2.62. The Labute approximate surface area is 167 Å². The van der Waals surface area contributed by atoms with Crippen molar-refractivity contribution in [2.75, 3.05) is 33.9 Å². The average molecular weight is 380 g/mol. The molecule has 1 saturated carbocycles. The molecule has 2 atom stereocenters. The van der Waals surface area contributed by atoms with Crippen LogP contribution in [0.1, 0.15) is 30.6 Å². The molecule has 0 unspecified atom stereocenters. The Morgan fingerprint density at radius 3 is 2.50 bits per heavy atom. The van der Waals surface area contributed by atoms with Gasteiger partial charge < -0.3 is 14.4 Å². The van der Waals surface area contributed by atoms with Gasteiger partial charge >= 0.3 is 0 Å². The molecule has 1 saturated heterocycles. The average Bonchev–Trinajstić information content (AvgIpc) is 3.02. The number of methoxy groups -OCH3 is 2. The minimum atomic E-state index is 0.116. The number of hydrogen-bond acceptors (Lipinski definition) is 3. The summed E-state index contributed by atoms with van der Waals surface area (Å²) in [4.78, 5) is 15.3. The summed E-state index contributed by atoms with van der Waals surface area (Å²) in [6.07, 6.45) is 1.12. The van der Waals surface area contributed by atoms with E-state index in [-0.39, 0.29) is 16.7 Å². The summed E-state index contributed by atoms with van der Waals surface area (Å²) >= 11 is 0. The van der Waals surface area contributed by atoms with E-state index in [0.717, 1.165) is 48.6 Å². The summed E-state index contributed by atoms with van der Waals surface area (Å²) in [6.45, 7) is 6.95. The quantitative estimate of drug-likeness (QED) is 0.768. The van der Waals surface area contributed by atoms with Gasteiger partial charge in [0, 0.05) is 31.2 Å². The molecule has 0 aromatic heterocycles. The number of ether oxygens (including phenoxy) is 2. The molecule has 1 aliphatic heterocycles. The number of fused-ring (bicyclic) bond motifs is 1. The van der Waals surface area contributed by atoms with Crippen LogP contribution >= 0.6 is 0 Å². The second-order valence-corrected chi connectivity index (χ2v) is 9.01. The number of benzene rings is 2. The summed E-state index contributed by atoms with van der Waals surface area (Å²) < 4.78 is 10.9. The summed E-state index contributed by atoms with van der Waals surface area (Å²) in [5.41, 5.74) is 3.22. The molecule has 2 aliphatic rings. The molecular weight excluding hydrogens is 350 g/mol. The van der Waals surface area contributed by atoms with Gasteiger partial charge in [-0.05, 0) is 53.1 Å². The van der Waals surface area contributed by atoms with E-state index in [2.05, 4.69) is 13.8 Å². The maximum Gasteiger partial charge on any atom is 0.253 e. The number of amides is 1. The zero-order chi connectivity index (χ0) is 19.9. The number of likely N-dealkylation sites (tertiary alicyclic amines) is 1. The molecule has 2 aromatic rings. The largest absolute Gasteiger partial charge is 0.497 e. The Hall–Kier alpha value is -2.33. The van der Waals surface area contributed by atoms with Crippen molar-refractivity contribution in [1.82, 2.24) is 4.90 Å². The van der Waals surface area contributed by atoms with E-state index < -0.39 is 0 Å². The predicted octanol–water partition coefficient (Wildman–Crippen LogP) is 4.50. The van der Waals surface area contributed by atoms with E-state index in [9.17, 15) is 4.79 Å². The highest BCUT2D eigenvalue weighted by molar-refractivity contribution is 5.95. The minimum Gasteiger partial charge on any atom is -0.497 e. The van der Waals surface area contributed by atoms with Crippen LogP contribution in [0.3, 0.4) is 0 Å². The maximum absolute atomic E-state index is 13.3. The topological polar surface area (TPSA) is 38.8 Å². The first-order valence-corrected chi connectivity index (χ1v) is 9.91. The van der Waals surface area contributed by atoms with Gasteiger partial charge in [0.05, 0.1) is 13.7 Å². The Bertz CT molecular complexity index is 891. The maximum atomic E-state index is 13.3. The Kier molecular flexibility index (Phi) is 4.70. The van der Waals surface area contributed by atoms with Gasteiger partial charge in [-0.15, -0.1) is 0 Å². The lowest BCUT2D eigenvalue weighted by Gasteiger charge is -2.56. The van der Waals surface area contributed by atoms with Crippen LogP contribution < -0.4 is 4.74 Å². The van der Waals surface area contributed by atoms with Crippen LogP contribution in [0.5, 0.6) is 5.75 Å². The molecular formula is C24H29NO3. The third-order valence-corrected chi connectivity index (χ3v) is 6.63. The van der Waals surface area contributed by atoms with Crippen molar-refractivity contribution in [2.45, 2.75) is 20.3 Å². The van der Waals surface area contributed by atoms with Crippen molar-refractivity contribution in [3.8, 4) is 16.9 Å². The van der Waals surface area contributed by atoms with E-state index >= 15 is 0 Å². The van der Waals surface area contributed by atoms with Crippen molar-refractivity contribution in [3.05, 3.63) is 54.1 Å². The molecule has 0 radical (unpaired) electrons. The van der Waals surface area contributed by atoms with E-state index in [4.69, 9.17) is 9.47 Å². The molecule has 0 spiro atoms. The molecule has 4 heteroatoms. The van der Waals surface area contributed by atoms with Crippen molar-refractivity contribution in [2.24, 2.45) is 16.7 Å². The molecule has 28 heavy (non-hydrogen) atoms. The standard InChI is InChI=1S/C24H29NO3/c1-23(2)14-24(16-27-3)15-25(13-21(23)24)22(26)19-9-5-7-17(11-19)18-8-6-10-20(12-18)28-4/h5-12,21H,13-16H2,1-4H3/t21-,24-/m1/s1. The monoisotopic (exact) mass is 379 g/mol. The van der Waals surface area contributed by atoms with Crippen LogP contribution in [-0.2, 0) is 4.74 Å². The summed E-state index contributed by atoms with van der Waals surface area (Å²) in [6, 6.07) is 15.8. The zero-order valence-corrected chi connectivity index (χ0v) is 17.2. The first-order chi connectivity index (χ1) is 13.4. The normalized spacial score (nSPS) is 25.1. The highest BCUT2D eigenvalue weighted by Gasteiger charge is 2.63. The van der Waals surface area contributed by atoms with Gasteiger partial charge in [0.25, 0.3) is 5.91 Å². The van der Waals surface area contributed by atoms with Crippen molar-refractivity contribution >= 4 is 5.91 Å². The van der Waals surface area contributed by atoms with E-state index in [1.165, 1.54) is 0 Å². The predicted molar refractivity (Wildman–Crippen MR) is 111 cm³/mol. The first-order valence-electron chi connectivity index (χ1n) is 9.91. The number of carbonyl (C=O) groups is 1. The second kappa shape index (κ2) is 6.93. The summed E-state index contributed by atoms with van der Waals surface area (Å²) in [5, 5.41) is 0. The minimum absolute atomic E-state index is 0.116. The van der Waals surface area contributed by atoms with Gasteiger partial charge in [0.1, 0.15) is 5.75 Å². The lowest BCUT2D eigenvalue weighted by molar-refractivity contribution is -0.107. The van der Waals surface area contributed by atoms with Gasteiger partial charge in [0.15, 0.2) is 0 Å². The fraction of sp³-hybridized carbons (Fsp3) is 0.458. The molecule has 0 N–H and O–H groups in total. The Morgan fingerprint density at radius 1 is 1.11 bits per heavy atom. The highest BCUT2D eigenvalue weighted by atomic mass is 16.5. The smallest absolute Gasteiger partial charge is 0.253 e. The molecule has 2 fully saturated rings. The second-order valence-electron chi connectivity index (χ2n) is 9.01. The van der Waals surface area contributed by atoms with Crippen LogP contribution in [0.4, 0.5) is 0 Å². The van der Waals surface area contributed by atoms with Gasteiger partial charge in [-0.3, -0.25) is 4.79 Å². The molecule has 4 rings (SSSR count). The molecule has 2 aromatic carbocycles. The fourth-order valence-corrected chi connectivity index (χ4v) is 5.58. The van der Waals surface area contributed by atoms with E-state index in [0.29, 0.717) is 5.92 Å². The molecule has 1 amide bonds. The van der Waals surface area contributed by atoms with Gasteiger partial charge in [-0.1, -0.05) is 38.1 Å². The molecule has 148 valence electrons. The van der Waals surface area contributed by atoms with Crippen molar-refractivity contribution < 1.29 is 14.3 Å². The van der Waals surface area contributed by atoms with Crippen LogP contribution in [0, 0.1) is 16.7 Å². The third kappa shape index (κ3) is 3.10. The van der Waals surface area contributed by atoms with Crippen LogP contribution in [-0.4, -0.2) is 44.7 Å². The van der Waals surface area contributed by atoms with Crippen molar-refractivity contribution in [1.29, 1.82) is 0 Å². The SMILES string of the molecule is COC[C@@]12CN(C(=O)c3cccc(-c4cccc(OC)c4)c3)C[C@@H]1C(C)(C)C2. The van der Waals surface area contributed by atoms with Crippen LogP contribution in [0.25, 0.3) is 11.1 Å². The third-order valence-electron chi connectivity index (χ3n) is 6.63. The summed E-state index contributed by atoms with van der Waals surface area (Å²) in [5.74, 6) is 1.44. The molecule has 4 nitrogen and oxygen atoms in total. The lowest BCUT2D eigenvalue weighted by Crippen LogP contribution is -2.55. The fourth-order valence-electron chi connectivity index (χ4n) is 5.58. The van der Waals surface area contributed by atoms with E-state index in [1.54, 1.807) is 14.2 Å². The first kappa shape index (κ1) is 19.0. The number of rotatable bonds is 5. The Balaban J connectivity index is 1.58. The number of carbonyl (C=O) groups excluding carboxylic acids is 1. The van der Waals surface area contributed by atoms with E-state index in [1.807, 2.05) is 53.4 Å². The Morgan fingerprint density at radius 2 is 1.82 bits per heavy atom. The number of nitrogens with zero attached hydrogens (tertiary/aromatic N) is 1. The van der Waals surface area contributed by atoms with Gasteiger partial charge in [-0.25, -0.2) is 0 Å². The number of hydrogen-bond donors (Lipinski definition) is 0. The molecule has 0 bridgehead atoms. The van der Waals surface area contributed by atoms with Crippen LogP contribution in [0.2, 0.25) is 0 Å². The van der Waals surface area contributed by atoms with Crippen LogP contribution in [0.15, 0.2) is 48.5 Å². The lowest BCUT2D eigenvalue weighted by atomic mass is 9.48. The molecule has 1 aliphatic carbocycles. The van der Waals surface area contributed by atoms with Gasteiger partial charge in [-0.2, -0.15) is 0 Å². The zero-order valence-electron chi connectivity index (χ0n) is 17.2. The van der Waals surface area contributed by atoms with Gasteiger partial charge in [0.2, 0.25) is 0 Å².